The standard InChI is InChI=1S/C11H14Br2N2O2S/c1-11(2,3)15-8(16)5-14-10(17)6-4-7(12)18-9(6)13/h4H,5H2,1-3H3,(H,14,17)(H,15,16). The SMILES string of the molecule is CC(C)(C)NC(=O)CNC(=O)c1cc(Br)sc1Br. The molecule has 0 aliphatic carbocycles. The van der Waals surface area contributed by atoms with Gasteiger partial charge in [-0.15, -0.1) is 11.3 Å². The highest BCUT2D eigenvalue weighted by Crippen LogP contribution is 2.31. The van der Waals surface area contributed by atoms with Crippen LogP contribution in [0.1, 0.15) is 31.1 Å². The second-order valence-corrected chi connectivity index (χ2v) is 8.47. The molecule has 0 spiro atoms. The van der Waals surface area contributed by atoms with Gasteiger partial charge in [-0.2, -0.15) is 0 Å². The Labute approximate surface area is 127 Å². The molecule has 0 saturated heterocycles. The third-order valence-electron chi connectivity index (χ3n) is 1.83. The molecule has 2 N–H and O–H groups in total. The molecule has 18 heavy (non-hydrogen) atoms. The van der Waals surface area contributed by atoms with E-state index in [1.165, 1.54) is 11.3 Å². The summed E-state index contributed by atoms with van der Waals surface area (Å²) in [5.41, 5.74) is 0.226. The first kappa shape index (κ1) is 15.7. The summed E-state index contributed by atoms with van der Waals surface area (Å²) in [4.78, 5) is 23.4. The molecule has 100 valence electrons. The molecule has 4 nitrogen and oxygen atoms in total. The summed E-state index contributed by atoms with van der Waals surface area (Å²) >= 11 is 8.01. The lowest BCUT2D eigenvalue weighted by Crippen LogP contribution is -2.45. The van der Waals surface area contributed by atoms with Gasteiger partial charge in [0.2, 0.25) is 5.91 Å². The van der Waals surface area contributed by atoms with E-state index in [-0.39, 0.29) is 23.9 Å². The Kier molecular flexibility index (Phi) is 5.36. The molecule has 0 aromatic carbocycles. The van der Waals surface area contributed by atoms with Gasteiger partial charge in [-0.05, 0) is 58.7 Å². The van der Waals surface area contributed by atoms with Gasteiger partial charge in [-0.1, -0.05) is 0 Å². The quantitative estimate of drug-likeness (QED) is 0.823. The largest absolute Gasteiger partial charge is 0.350 e. The van der Waals surface area contributed by atoms with E-state index in [0.717, 1.165) is 7.57 Å². The van der Waals surface area contributed by atoms with Gasteiger partial charge in [0.1, 0.15) is 0 Å². The topological polar surface area (TPSA) is 58.2 Å². The van der Waals surface area contributed by atoms with Crippen LogP contribution in [0, 0.1) is 0 Å². The molecule has 2 amide bonds. The van der Waals surface area contributed by atoms with Crippen LogP contribution in [0.25, 0.3) is 0 Å². The Morgan fingerprint density at radius 2 is 1.94 bits per heavy atom. The second-order valence-electron chi connectivity index (χ2n) is 4.72. The number of nitrogens with one attached hydrogen (secondary N) is 2. The maximum Gasteiger partial charge on any atom is 0.253 e. The zero-order valence-corrected chi connectivity index (χ0v) is 14.3. The van der Waals surface area contributed by atoms with E-state index >= 15 is 0 Å². The van der Waals surface area contributed by atoms with Crippen molar-refractivity contribution in [1.29, 1.82) is 0 Å². The number of hydrogen-bond acceptors (Lipinski definition) is 3. The van der Waals surface area contributed by atoms with Gasteiger partial charge >= 0.3 is 0 Å². The molecule has 0 aliphatic heterocycles. The molecule has 0 bridgehead atoms. The van der Waals surface area contributed by atoms with E-state index < -0.39 is 0 Å². The van der Waals surface area contributed by atoms with Crippen molar-refractivity contribution < 1.29 is 9.59 Å². The van der Waals surface area contributed by atoms with Crippen LogP contribution in [0.15, 0.2) is 13.6 Å². The first-order chi connectivity index (χ1) is 8.19. The number of rotatable bonds is 3. The third-order valence-corrected chi connectivity index (χ3v) is 4.16. The molecule has 0 aliphatic rings. The predicted octanol–water partition coefficient (Wildman–Crippen LogP) is 2.92. The smallest absolute Gasteiger partial charge is 0.253 e. The van der Waals surface area contributed by atoms with Gasteiger partial charge in [-0.3, -0.25) is 9.59 Å². The van der Waals surface area contributed by atoms with Crippen LogP contribution >= 0.6 is 43.2 Å². The number of carbonyl (C=O) groups excluding carboxylic acids is 2. The van der Waals surface area contributed by atoms with E-state index in [1.807, 2.05) is 20.8 Å². The minimum absolute atomic E-state index is 0.0317. The number of hydrogen-bond donors (Lipinski definition) is 2. The molecule has 1 aromatic heterocycles. The molecular weight excluding hydrogens is 384 g/mol. The van der Waals surface area contributed by atoms with Crippen LogP contribution in [-0.4, -0.2) is 23.9 Å². The van der Waals surface area contributed by atoms with Gasteiger partial charge in [0, 0.05) is 5.54 Å². The average molecular weight is 398 g/mol. The zero-order valence-electron chi connectivity index (χ0n) is 10.3. The van der Waals surface area contributed by atoms with E-state index in [4.69, 9.17) is 0 Å². The molecular formula is C11H14Br2N2O2S. The predicted molar refractivity (Wildman–Crippen MR) is 79.9 cm³/mol. The highest BCUT2D eigenvalue weighted by molar-refractivity contribution is 9.12. The Morgan fingerprint density at radius 1 is 1.33 bits per heavy atom. The Bertz CT molecular complexity index is 466. The number of carbonyl (C=O) groups is 2. The first-order valence-electron chi connectivity index (χ1n) is 5.23. The van der Waals surface area contributed by atoms with Crippen molar-refractivity contribution in [2.45, 2.75) is 26.3 Å². The average Bonchev–Trinajstić information content (AvgIpc) is 2.52. The zero-order chi connectivity index (χ0) is 13.9. The highest BCUT2D eigenvalue weighted by atomic mass is 79.9. The molecule has 0 unspecified atom stereocenters. The van der Waals surface area contributed by atoms with E-state index in [2.05, 4.69) is 42.5 Å². The fourth-order valence-electron chi connectivity index (χ4n) is 1.21. The summed E-state index contributed by atoms with van der Waals surface area (Å²) in [7, 11) is 0. The van der Waals surface area contributed by atoms with Crippen molar-refractivity contribution in [1.82, 2.24) is 10.6 Å². The fraction of sp³-hybridized carbons (Fsp3) is 0.455. The van der Waals surface area contributed by atoms with Crippen LogP contribution in [0.5, 0.6) is 0 Å². The second kappa shape index (κ2) is 6.16. The van der Waals surface area contributed by atoms with Gasteiger partial charge in [0.25, 0.3) is 5.91 Å². The highest BCUT2D eigenvalue weighted by Gasteiger charge is 2.17. The van der Waals surface area contributed by atoms with Gasteiger partial charge < -0.3 is 10.6 Å². The molecule has 1 heterocycles. The number of amides is 2. The van der Waals surface area contributed by atoms with Crippen LogP contribution in [0.2, 0.25) is 0 Å². The molecule has 0 saturated carbocycles. The summed E-state index contributed by atoms with van der Waals surface area (Å²) in [6.45, 7) is 5.63. The third kappa shape index (κ3) is 5.07. The summed E-state index contributed by atoms with van der Waals surface area (Å²) in [6, 6.07) is 1.71. The van der Waals surface area contributed by atoms with E-state index in [0.29, 0.717) is 5.56 Å². The van der Waals surface area contributed by atoms with Crippen LogP contribution in [0.3, 0.4) is 0 Å². The van der Waals surface area contributed by atoms with E-state index in [1.54, 1.807) is 6.07 Å². The Morgan fingerprint density at radius 3 is 2.39 bits per heavy atom. The van der Waals surface area contributed by atoms with Crippen molar-refractivity contribution in [3.05, 3.63) is 19.2 Å². The lowest BCUT2D eigenvalue weighted by atomic mass is 10.1. The van der Waals surface area contributed by atoms with Gasteiger partial charge in [0.15, 0.2) is 0 Å². The van der Waals surface area contributed by atoms with Crippen molar-refractivity contribution in [2.75, 3.05) is 6.54 Å². The van der Waals surface area contributed by atoms with Crippen molar-refractivity contribution in [2.24, 2.45) is 0 Å². The van der Waals surface area contributed by atoms with E-state index in [9.17, 15) is 9.59 Å². The van der Waals surface area contributed by atoms with Crippen molar-refractivity contribution in [3.8, 4) is 0 Å². The van der Waals surface area contributed by atoms with Crippen molar-refractivity contribution >= 4 is 55.0 Å². The summed E-state index contributed by atoms with van der Waals surface area (Å²) in [5, 5.41) is 5.35. The molecule has 0 radical (unpaired) electrons. The van der Waals surface area contributed by atoms with Crippen molar-refractivity contribution in [3.63, 3.8) is 0 Å². The maximum absolute atomic E-state index is 11.8. The van der Waals surface area contributed by atoms with Crippen LogP contribution in [0.4, 0.5) is 0 Å². The summed E-state index contributed by atoms with van der Waals surface area (Å²) in [5.74, 6) is -0.478. The van der Waals surface area contributed by atoms with Crippen LogP contribution < -0.4 is 10.6 Å². The molecule has 0 atom stereocenters. The minimum atomic E-state index is -0.298. The molecule has 1 rings (SSSR count). The monoisotopic (exact) mass is 396 g/mol. The molecule has 7 heteroatoms. The Balaban J connectivity index is 2.52. The lowest BCUT2D eigenvalue weighted by molar-refractivity contribution is -0.121. The fourth-order valence-corrected chi connectivity index (χ4v) is 4.01. The molecule has 0 fully saturated rings. The normalized spacial score (nSPS) is 11.2. The lowest BCUT2D eigenvalue weighted by Gasteiger charge is -2.20. The summed E-state index contributed by atoms with van der Waals surface area (Å²) in [6.07, 6.45) is 0. The molecule has 1 aromatic rings. The maximum atomic E-state index is 11.8. The Hall–Kier alpha value is -0.400. The number of halogens is 2. The number of thiophene rings is 1. The minimum Gasteiger partial charge on any atom is -0.350 e. The first-order valence-corrected chi connectivity index (χ1v) is 7.63. The van der Waals surface area contributed by atoms with Gasteiger partial charge in [-0.25, -0.2) is 0 Å². The van der Waals surface area contributed by atoms with Gasteiger partial charge in [0.05, 0.1) is 19.7 Å². The summed E-state index contributed by atoms with van der Waals surface area (Å²) < 4.78 is 1.60. The van der Waals surface area contributed by atoms with Crippen LogP contribution in [-0.2, 0) is 4.79 Å².